The predicted octanol–water partition coefficient (Wildman–Crippen LogP) is 4.15. The van der Waals surface area contributed by atoms with Crippen molar-refractivity contribution in [2.45, 2.75) is 50.8 Å². The zero-order valence-electron chi connectivity index (χ0n) is 15.5. The molecule has 1 atom stereocenters. The van der Waals surface area contributed by atoms with Gasteiger partial charge in [0.2, 0.25) is 0 Å². The Morgan fingerprint density at radius 3 is 1.89 bits per heavy atom. The third kappa shape index (κ3) is 4.61. The van der Waals surface area contributed by atoms with Crippen LogP contribution in [0.2, 0.25) is 0 Å². The summed E-state index contributed by atoms with van der Waals surface area (Å²) in [6.07, 6.45) is -6.17. The van der Waals surface area contributed by atoms with Gasteiger partial charge in [0.05, 0.1) is 14.2 Å². The van der Waals surface area contributed by atoms with Crippen molar-refractivity contribution in [3.05, 3.63) is 23.3 Å². The average Bonchev–Trinajstić information content (AvgIpc) is 2.59. The highest BCUT2D eigenvalue weighted by molar-refractivity contribution is 5.85. The molecule has 1 aromatic carbocycles. The zero-order valence-corrected chi connectivity index (χ0v) is 15.5. The first-order valence-corrected chi connectivity index (χ1v) is 8.09. The molecule has 0 radical (unpaired) electrons. The summed E-state index contributed by atoms with van der Waals surface area (Å²) in [5.74, 6) is -14.4. The molecule has 0 spiro atoms. The van der Waals surface area contributed by atoms with E-state index in [4.69, 9.17) is 9.47 Å². The summed E-state index contributed by atoms with van der Waals surface area (Å²) < 4.78 is 99.7. The molecule has 1 N–H and O–H groups in total. The van der Waals surface area contributed by atoms with Gasteiger partial charge in [-0.3, -0.25) is 4.79 Å². The van der Waals surface area contributed by atoms with Crippen LogP contribution in [0.5, 0.6) is 11.5 Å². The van der Waals surface area contributed by atoms with E-state index in [1.165, 1.54) is 32.5 Å². The fourth-order valence-electron chi connectivity index (χ4n) is 2.48. The molecule has 1 unspecified atom stereocenters. The Morgan fingerprint density at radius 1 is 1.00 bits per heavy atom. The van der Waals surface area contributed by atoms with E-state index in [1.54, 1.807) is 6.07 Å². The van der Waals surface area contributed by atoms with Crippen molar-refractivity contribution in [3.63, 3.8) is 0 Å². The van der Waals surface area contributed by atoms with E-state index in [2.05, 4.69) is 0 Å². The number of carbonyl (C=O) groups is 1. The summed E-state index contributed by atoms with van der Waals surface area (Å²) >= 11 is 0. The second-order valence-corrected chi connectivity index (χ2v) is 6.05. The summed E-state index contributed by atoms with van der Waals surface area (Å²) in [4.78, 5) is 11.4. The molecule has 0 fully saturated rings. The fraction of sp³-hybridized carbons (Fsp3) is 0.588. The maximum Gasteiger partial charge on any atom is 0.460 e. The molecule has 1 amide bonds. The Hall–Kier alpha value is -2.20. The molecule has 0 aliphatic heterocycles. The molecule has 0 saturated carbocycles. The summed E-state index contributed by atoms with van der Waals surface area (Å²) in [5, 5.41) is 1.50. The topological polar surface area (TPSA) is 47.6 Å². The molecule has 11 heteroatoms. The van der Waals surface area contributed by atoms with Gasteiger partial charge in [-0.05, 0) is 43.0 Å². The van der Waals surface area contributed by atoms with Crippen molar-refractivity contribution in [2.75, 3.05) is 14.2 Å². The van der Waals surface area contributed by atoms with Crippen LogP contribution in [-0.4, -0.2) is 44.2 Å². The molecule has 0 heterocycles. The molecule has 0 aliphatic carbocycles. The maximum absolute atomic E-state index is 13.4. The molecule has 4 nitrogen and oxygen atoms in total. The van der Waals surface area contributed by atoms with Crippen molar-refractivity contribution in [1.29, 1.82) is 0 Å². The van der Waals surface area contributed by atoms with E-state index in [0.717, 1.165) is 5.56 Å². The van der Waals surface area contributed by atoms with Gasteiger partial charge in [0.1, 0.15) is 11.5 Å². The van der Waals surface area contributed by atoms with Gasteiger partial charge in [-0.2, -0.15) is 30.7 Å². The second-order valence-electron chi connectivity index (χ2n) is 6.05. The maximum atomic E-state index is 13.4. The zero-order chi connectivity index (χ0) is 21.9. The Morgan fingerprint density at radius 2 is 1.46 bits per heavy atom. The van der Waals surface area contributed by atoms with Crippen LogP contribution >= 0.6 is 0 Å². The van der Waals surface area contributed by atoms with Gasteiger partial charge in [0, 0.05) is 6.04 Å². The van der Waals surface area contributed by atoms with Crippen molar-refractivity contribution in [3.8, 4) is 11.5 Å². The minimum atomic E-state index is -6.58. The lowest BCUT2D eigenvalue weighted by Gasteiger charge is -2.28. The number of aryl methyl sites for hydroxylation is 1. The largest absolute Gasteiger partial charge is 0.496 e. The molecule has 0 aromatic heterocycles. The van der Waals surface area contributed by atoms with E-state index in [9.17, 15) is 35.5 Å². The lowest BCUT2D eigenvalue weighted by Crippen LogP contribution is -2.60. The minimum absolute atomic E-state index is 0.178. The lowest BCUT2D eigenvalue weighted by atomic mass is 10.0. The normalized spacial score (nSPS) is 13.8. The minimum Gasteiger partial charge on any atom is -0.496 e. The van der Waals surface area contributed by atoms with Crippen LogP contribution in [0, 0.1) is 0 Å². The third-order valence-corrected chi connectivity index (χ3v) is 4.00. The van der Waals surface area contributed by atoms with Gasteiger partial charge in [-0.1, -0.05) is 6.92 Å². The molecule has 0 aliphatic rings. The van der Waals surface area contributed by atoms with E-state index in [-0.39, 0.29) is 6.42 Å². The van der Waals surface area contributed by atoms with Crippen molar-refractivity contribution in [2.24, 2.45) is 0 Å². The molecule has 1 aromatic rings. The Balaban J connectivity index is 3.04. The van der Waals surface area contributed by atoms with E-state index >= 15 is 0 Å². The number of alkyl halides is 7. The average molecular weight is 419 g/mol. The number of hydrogen-bond acceptors (Lipinski definition) is 3. The predicted molar refractivity (Wildman–Crippen MR) is 86.2 cm³/mol. The number of amides is 1. The second kappa shape index (κ2) is 8.44. The van der Waals surface area contributed by atoms with Crippen molar-refractivity contribution >= 4 is 5.91 Å². The standard InChI is InChI=1S/C17H20F7NO3/c1-5-10-7-13(28-4)11(8-12(10)27-3)6-9(2)25-14(26)15(18,19)16(20,21)17(22,23)24/h7-9H,5-6H2,1-4H3,(H,25,26). The summed E-state index contributed by atoms with van der Waals surface area (Å²) in [6, 6.07) is 1.94. The smallest absolute Gasteiger partial charge is 0.460 e. The quantitative estimate of drug-likeness (QED) is 0.645. The SMILES string of the molecule is CCc1cc(OC)c(CC(C)NC(=O)C(F)(F)C(F)(F)C(F)(F)F)cc1OC. The first-order chi connectivity index (χ1) is 12.7. The van der Waals surface area contributed by atoms with Crippen LogP contribution in [0.1, 0.15) is 25.0 Å². The van der Waals surface area contributed by atoms with Crippen molar-refractivity contribution in [1.82, 2.24) is 5.32 Å². The van der Waals surface area contributed by atoms with E-state index in [1.807, 2.05) is 6.92 Å². The van der Waals surface area contributed by atoms with Gasteiger partial charge >= 0.3 is 18.0 Å². The van der Waals surface area contributed by atoms with Crippen molar-refractivity contribution < 1.29 is 45.0 Å². The Bertz CT molecular complexity index is 705. The molecule has 0 bridgehead atoms. The molecular weight excluding hydrogens is 399 g/mol. The molecule has 160 valence electrons. The van der Waals surface area contributed by atoms with Gasteiger partial charge in [0.15, 0.2) is 0 Å². The third-order valence-electron chi connectivity index (χ3n) is 4.00. The van der Waals surface area contributed by atoms with E-state index < -0.39 is 30.0 Å². The number of ether oxygens (including phenoxy) is 2. The molecule has 1 rings (SSSR count). The van der Waals surface area contributed by atoms with Gasteiger partial charge < -0.3 is 14.8 Å². The number of rotatable bonds is 8. The number of nitrogens with one attached hydrogen (secondary N) is 1. The number of halogens is 7. The van der Waals surface area contributed by atoms with E-state index in [0.29, 0.717) is 23.5 Å². The van der Waals surface area contributed by atoms with Crippen LogP contribution in [-0.2, 0) is 17.6 Å². The summed E-state index contributed by atoms with van der Waals surface area (Å²) in [6.45, 7) is 3.03. The van der Waals surface area contributed by atoms with Gasteiger partial charge in [-0.15, -0.1) is 0 Å². The lowest BCUT2D eigenvalue weighted by molar-refractivity contribution is -0.344. The highest BCUT2D eigenvalue weighted by Gasteiger charge is 2.76. The highest BCUT2D eigenvalue weighted by Crippen LogP contribution is 2.46. The van der Waals surface area contributed by atoms with Gasteiger partial charge in [0.25, 0.3) is 5.91 Å². The number of benzene rings is 1. The number of carbonyl (C=O) groups excluding carboxylic acids is 1. The Kier molecular flexibility index (Phi) is 7.18. The monoisotopic (exact) mass is 419 g/mol. The first-order valence-electron chi connectivity index (χ1n) is 8.09. The first kappa shape index (κ1) is 23.8. The van der Waals surface area contributed by atoms with Crippen LogP contribution in [0.3, 0.4) is 0 Å². The van der Waals surface area contributed by atoms with Gasteiger partial charge in [-0.25, -0.2) is 0 Å². The Labute approximate surface area is 157 Å². The number of methoxy groups -OCH3 is 2. The fourth-order valence-corrected chi connectivity index (χ4v) is 2.48. The molecule has 0 saturated heterocycles. The van der Waals surface area contributed by atoms with Crippen LogP contribution in [0.4, 0.5) is 30.7 Å². The molecular formula is C17H20F7NO3. The van der Waals surface area contributed by atoms with Crippen LogP contribution < -0.4 is 14.8 Å². The molecule has 28 heavy (non-hydrogen) atoms. The number of hydrogen-bond donors (Lipinski definition) is 1. The van der Waals surface area contributed by atoms with Crippen LogP contribution in [0.15, 0.2) is 12.1 Å². The van der Waals surface area contributed by atoms with Crippen LogP contribution in [0.25, 0.3) is 0 Å². The summed E-state index contributed by atoms with van der Waals surface area (Å²) in [7, 11) is 2.74. The summed E-state index contributed by atoms with van der Waals surface area (Å²) in [5.41, 5.74) is 1.16. The highest BCUT2D eigenvalue weighted by atomic mass is 19.4.